The van der Waals surface area contributed by atoms with Crippen molar-refractivity contribution in [3.05, 3.63) is 68.6 Å². The van der Waals surface area contributed by atoms with E-state index in [9.17, 15) is 32.9 Å². The predicted molar refractivity (Wildman–Crippen MR) is 82.1 cm³/mol. The van der Waals surface area contributed by atoms with Crippen molar-refractivity contribution in [2.24, 2.45) is 0 Å². The zero-order chi connectivity index (χ0) is 18.8. The normalized spacial score (nSPS) is 12.5. The van der Waals surface area contributed by atoms with E-state index < -0.39 is 34.2 Å². The van der Waals surface area contributed by atoms with Gasteiger partial charge in [-0.1, -0.05) is 0 Å². The first-order chi connectivity index (χ1) is 11.6. The average molecular weight is 355 g/mol. The molecule has 1 N–H and O–H groups in total. The van der Waals surface area contributed by atoms with Crippen LogP contribution in [0.4, 0.5) is 24.5 Å². The molecule has 10 heteroatoms. The number of amides is 1. The molecule has 1 amide bonds. The van der Waals surface area contributed by atoms with Gasteiger partial charge in [-0.05, 0) is 31.2 Å². The minimum Gasteiger partial charge on any atom is -0.324 e. The maximum Gasteiger partial charge on any atom is 0.416 e. The molecule has 1 aromatic heterocycles. The third-order valence-electron chi connectivity index (χ3n) is 3.41. The molecule has 0 saturated heterocycles. The van der Waals surface area contributed by atoms with Gasteiger partial charge in [-0.25, -0.2) is 0 Å². The second-order valence-electron chi connectivity index (χ2n) is 5.13. The van der Waals surface area contributed by atoms with E-state index >= 15 is 0 Å². The number of rotatable bonds is 4. The van der Waals surface area contributed by atoms with Crippen molar-refractivity contribution in [3.63, 3.8) is 0 Å². The maximum absolute atomic E-state index is 12.5. The van der Waals surface area contributed by atoms with Gasteiger partial charge in [0, 0.05) is 17.8 Å². The Labute approximate surface area is 138 Å². The van der Waals surface area contributed by atoms with Crippen LogP contribution >= 0.6 is 0 Å². The van der Waals surface area contributed by atoms with E-state index in [1.165, 1.54) is 6.92 Å². The lowest BCUT2D eigenvalue weighted by atomic mass is 10.2. The number of anilines is 1. The van der Waals surface area contributed by atoms with Gasteiger partial charge in [-0.15, -0.1) is 0 Å². The van der Waals surface area contributed by atoms with E-state index in [1.807, 2.05) is 0 Å². The third-order valence-corrected chi connectivity index (χ3v) is 3.41. The molecular weight excluding hydrogens is 343 g/mol. The Balaban J connectivity index is 2.19. The maximum atomic E-state index is 12.5. The number of halogens is 3. The summed E-state index contributed by atoms with van der Waals surface area (Å²) in [6.45, 7) is 1.34. The van der Waals surface area contributed by atoms with E-state index in [0.717, 1.165) is 47.2 Å². The molecule has 25 heavy (non-hydrogen) atoms. The lowest BCUT2D eigenvalue weighted by Crippen LogP contribution is -2.31. The van der Waals surface area contributed by atoms with Crippen LogP contribution in [0.5, 0.6) is 0 Å². The Morgan fingerprint density at radius 1 is 1.20 bits per heavy atom. The largest absolute Gasteiger partial charge is 0.416 e. The number of alkyl halides is 3. The number of hydrogen-bond acceptors (Lipinski definition) is 4. The van der Waals surface area contributed by atoms with Crippen molar-refractivity contribution in [2.75, 3.05) is 5.32 Å². The quantitative estimate of drug-likeness (QED) is 0.674. The molecule has 0 aliphatic rings. The Hall–Kier alpha value is -3.17. The van der Waals surface area contributed by atoms with Gasteiger partial charge in [-0.3, -0.25) is 24.3 Å². The minimum absolute atomic E-state index is 0.100. The molecule has 0 spiro atoms. The van der Waals surface area contributed by atoms with E-state index in [4.69, 9.17) is 0 Å². The van der Waals surface area contributed by atoms with Crippen molar-refractivity contribution in [3.8, 4) is 0 Å². The van der Waals surface area contributed by atoms with Gasteiger partial charge >= 0.3 is 6.18 Å². The number of benzene rings is 1. The van der Waals surface area contributed by atoms with Gasteiger partial charge in [0.1, 0.15) is 6.04 Å². The zero-order valence-corrected chi connectivity index (χ0v) is 12.8. The lowest BCUT2D eigenvalue weighted by molar-refractivity contribution is -0.385. The second-order valence-corrected chi connectivity index (χ2v) is 5.13. The highest BCUT2D eigenvalue weighted by Gasteiger charge is 2.30. The highest BCUT2D eigenvalue weighted by Crippen LogP contribution is 2.29. The number of pyridine rings is 1. The molecule has 132 valence electrons. The summed E-state index contributed by atoms with van der Waals surface area (Å²) in [7, 11) is 0. The molecular formula is C15H12F3N3O4. The number of hydrogen-bond donors (Lipinski definition) is 1. The summed E-state index contributed by atoms with van der Waals surface area (Å²) in [5.41, 5.74) is -1.76. The summed E-state index contributed by atoms with van der Waals surface area (Å²) in [6.07, 6.45) is -3.56. The Kier molecular flexibility index (Phi) is 4.91. The number of carbonyl (C=O) groups is 1. The van der Waals surface area contributed by atoms with Crippen molar-refractivity contribution < 1.29 is 22.9 Å². The number of nitro groups is 1. The summed E-state index contributed by atoms with van der Waals surface area (Å²) in [5.74, 6) is -0.706. The molecule has 1 atom stereocenters. The molecule has 2 rings (SSSR count). The molecule has 0 aliphatic carbocycles. The summed E-state index contributed by atoms with van der Waals surface area (Å²) in [4.78, 5) is 34.0. The van der Waals surface area contributed by atoms with E-state index in [1.54, 1.807) is 0 Å². The van der Waals surface area contributed by atoms with Crippen LogP contribution < -0.4 is 10.9 Å². The topological polar surface area (TPSA) is 94.2 Å². The summed E-state index contributed by atoms with van der Waals surface area (Å²) < 4.78 is 38.4. The van der Waals surface area contributed by atoms with Crippen LogP contribution in [0.25, 0.3) is 0 Å². The summed E-state index contributed by atoms with van der Waals surface area (Å²) in [5, 5.41) is 13.1. The monoisotopic (exact) mass is 355 g/mol. The van der Waals surface area contributed by atoms with Gasteiger partial charge in [0.25, 0.3) is 11.2 Å². The highest BCUT2D eigenvalue weighted by molar-refractivity contribution is 5.93. The standard InChI is InChI=1S/C15H12F3N3O4/c1-9(20-8-12(21(24)25)6-7-13(20)22)14(23)19-11-4-2-10(3-5-11)15(16,17)18/h2-9H,1H3,(H,19,23)/t9-/m0/s1. The molecule has 1 aromatic carbocycles. The lowest BCUT2D eigenvalue weighted by Gasteiger charge is -2.15. The number of aromatic nitrogens is 1. The Morgan fingerprint density at radius 3 is 2.32 bits per heavy atom. The van der Waals surface area contributed by atoms with Crippen LogP contribution in [0.2, 0.25) is 0 Å². The number of nitrogens with one attached hydrogen (secondary N) is 1. The Morgan fingerprint density at radius 2 is 1.80 bits per heavy atom. The Bertz CT molecular complexity index is 860. The molecule has 0 saturated carbocycles. The average Bonchev–Trinajstić information content (AvgIpc) is 2.54. The molecule has 1 heterocycles. The SMILES string of the molecule is C[C@@H](C(=O)Nc1ccc(C(F)(F)F)cc1)n1cc([N+](=O)[O-])ccc1=O. The fraction of sp³-hybridized carbons (Fsp3) is 0.200. The molecule has 2 aromatic rings. The van der Waals surface area contributed by atoms with Crippen molar-refractivity contribution >= 4 is 17.3 Å². The summed E-state index contributed by atoms with van der Waals surface area (Å²) >= 11 is 0. The summed E-state index contributed by atoms with van der Waals surface area (Å²) in [6, 6.07) is 4.63. The van der Waals surface area contributed by atoms with Gasteiger partial charge < -0.3 is 5.32 Å². The van der Waals surface area contributed by atoms with Crippen molar-refractivity contribution in [1.82, 2.24) is 4.57 Å². The van der Waals surface area contributed by atoms with Gasteiger partial charge in [0.05, 0.1) is 16.7 Å². The number of carbonyl (C=O) groups excluding carboxylic acids is 1. The van der Waals surface area contributed by atoms with Gasteiger partial charge in [0.15, 0.2) is 0 Å². The van der Waals surface area contributed by atoms with Crippen LogP contribution in [0.15, 0.2) is 47.4 Å². The van der Waals surface area contributed by atoms with Gasteiger partial charge in [0.2, 0.25) is 5.91 Å². The zero-order valence-electron chi connectivity index (χ0n) is 12.8. The first kappa shape index (κ1) is 18.2. The smallest absolute Gasteiger partial charge is 0.324 e. The molecule has 0 unspecified atom stereocenters. The van der Waals surface area contributed by atoms with Crippen LogP contribution in [0, 0.1) is 10.1 Å². The van der Waals surface area contributed by atoms with Crippen molar-refractivity contribution in [2.45, 2.75) is 19.1 Å². The second kappa shape index (κ2) is 6.75. The van der Waals surface area contributed by atoms with E-state index in [-0.39, 0.29) is 11.4 Å². The fourth-order valence-corrected chi connectivity index (χ4v) is 2.02. The first-order valence-corrected chi connectivity index (χ1v) is 6.94. The van der Waals surface area contributed by atoms with E-state index in [2.05, 4.69) is 5.32 Å². The van der Waals surface area contributed by atoms with Crippen LogP contribution in [-0.4, -0.2) is 15.4 Å². The van der Waals surface area contributed by atoms with Crippen LogP contribution in [0.3, 0.4) is 0 Å². The first-order valence-electron chi connectivity index (χ1n) is 6.94. The third kappa shape index (κ3) is 4.22. The van der Waals surface area contributed by atoms with Gasteiger partial charge in [-0.2, -0.15) is 13.2 Å². The van der Waals surface area contributed by atoms with E-state index in [0.29, 0.717) is 0 Å². The predicted octanol–water partition coefficient (Wildman–Crippen LogP) is 2.98. The molecule has 0 aliphatic heterocycles. The molecule has 0 radical (unpaired) electrons. The molecule has 0 fully saturated rings. The van der Waals surface area contributed by atoms with Crippen molar-refractivity contribution in [1.29, 1.82) is 0 Å². The minimum atomic E-state index is -4.49. The highest BCUT2D eigenvalue weighted by atomic mass is 19.4. The number of nitrogens with zero attached hydrogens (tertiary/aromatic N) is 2. The molecule has 7 nitrogen and oxygen atoms in total. The molecule has 0 bridgehead atoms. The van der Waals surface area contributed by atoms with Crippen LogP contribution in [0.1, 0.15) is 18.5 Å². The fourth-order valence-electron chi connectivity index (χ4n) is 2.02. The van der Waals surface area contributed by atoms with Crippen LogP contribution in [-0.2, 0) is 11.0 Å².